The largest absolute Gasteiger partial charge is 0.455 e. The molecule has 32 heavy (non-hydrogen) atoms. The lowest BCUT2D eigenvalue weighted by Crippen LogP contribution is -2.26. The molecule has 0 spiro atoms. The Morgan fingerprint density at radius 2 is 1.62 bits per heavy atom. The van der Waals surface area contributed by atoms with Crippen LogP contribution in [0.15, 0.2) is 66.9 Å². The summed E-state index contributed by atoms with van der Waals surface area (Å²) >= 11 is 0. The van der Waals surface area contributed by atoms with Crippen molar-refractivity contribution in [2.45, 2.75) is 26.8 Å². The van der Waals surface area contributed by atoms with E-state index in [-0.39, 0.29) is 12.3 Å². The molecule has 0 aliphatic rings. The van der Waals surface area contributed by atoms with E-state index >= 15 is 0 Å². The highest BCUT2D eigenvalue weighted by molar-refractivity contribution is 6.04. The summed E-state index contributed by atoms with van der Waals surface area (Å²) in [7, 11) is 0. The number of aryl methyl sites for hydroxylation is 2. The molecule has 0 bridgehead atoms. The van der Waals surface area contributed by atoms with Crippen LogP contribution in [-0.4, -0.2) is 29.4 Å². The zero-order valence-electron chi connectivity index (χ0n) is 18.1. The molecule has 7 heteroatoms. The van der Waals surface area contributed by atoms with Crippen molar-refractivity contribution in [2.75, 3.05) is 11.9 Å². The van der Waals surface area contributed by atoms with Gasteiger partial charge in [-0.1, -0.05) is 48.0 Å². The zero-order valence-corrected chi connectivity index (χ0v) is 18.1. The summed E-state index contributed by atoms with van der Waals surface area (Å²) in [6.45, 7) is 3.77. The molecule has 1 aromatic heterocycles. The minimum Gasteiger partial charge on any atom is -0.455 e. The van der Waals surface area contributed by atoms with E-state index in [0.29, 0.717) is 23.4 Å². The van der Waals surface area contributed by atoms with Crippen LogP contribution in [0.5, 0.6) is 0 Å². The van der Waals surface area contributed by atoms with Crippen LogP contribution in [0.25, 0.3) is 0 Å². The third kappa shape index (κ3) is 6.77. The number of esters is 1. The Morgan fingerprint density at radius 3 is 2.34 bits per heavy atom. The highest BCUT2D eigenvalue weighted by Crippen LogP contribution is 2.15. The Morgan fingerprint density at radius 1 is 0.906 bits per heavy atom. The smallest absolute Gasteiger partial charge is 0.310 e. The fraction of sp³-hybridized carbons (Fsp3) is 0.200. The molecule has 2 amide bonds. The fourth-order valence-electron chi connectivity index (χ4n) is 2.93. The number of hydrogen-bond acceptors (Lipinski definition) is 5. The second-order valence-corrected chi connectivity index (χ2v) is 7.41. The van der Waals surface area contributed by atoms with Crippen molar-refractivity contribution in [1.29, 1.82) is 0 Å². The Kier molecular flexibility index (Phi) is 7.70. The molecule has 0 saturated carbocycles. The number of carbonyl (C=O) groups excluding carboxylic acids is 3. The van der Waals surface area contributed by atoms with Crippen LogP contribution < -0.4 is 10.6 Å². The van der Waals surface area contributed by atoms with Gasteiger partial charge in [0.1, 0.15) is 0 Å². The molecule has 0 radical (unpaired) electrons. The molecule has 0 fully saturated rings. The van der Waals surface area contributed by atoms with E-state index < -0.39 is 18.5 Å². The van der Waals surface area contributed by atoms with Crippen molar-refractivity contribution in [1.82, 2.24) is 10.3 Å². The molecule has 7 nitrogen and oxygen atoms in total. The number of nitrogens with one attached hydrogen (secondary N) is 2. The lowest BCUT2D eigenvalue weighted by molar-refractivity contribution is -0.146. The number of pyridine rings is 1. The van der Waals surface area contributed by atoms with Crippen LogP contribution in [0, 0.1) is 13.8 Å². The maximum atomic E-state index is 12.6. The van der Waals surface area contributed by atoms with Crippen molar-refractivity contribution in [3.8, 4) is 0 Å². The molecule has 1 heterocycles. The fourth-order valence-corrected chi connectivity index (χ4v) is 2.93. The maximum absolute atomic E-state index is 12.6. The Balaban J connectivity index is 1.52. The molecule has 164 valence electrons. The average molecular weight is 431 g/mol. The van der Waals surface area contributed by atoms with E-state index in [1.807, 2.05) is 38.1 Å². The summed E-state index contributed by atoms with van der Waals surface area (Å²) < 4.78 is 5.05. The third-order valence-corrected chi connectivity index (χ3v) is 4.70. The van der Waals surface area contributed by atoms with Crippen LogP contribution in [-0.2, 0) is 27.3 Å². The van der Waals surface area contributed by atoms with Gasteiger partial charge in [0, 0.05) is 18.4 Å². The SMILES string of the molecule is Cc1ccc(CNC(=O)c2ccccc2NC(=O)COC(=O)Cc2ccc(C)nc2)cc1. The number of carbonyl (C=O) groups is 3. The first-order valence-corrected chi connectivity index (χ1v) is 10.2. The van der Waals surface area contributed by atoms with Crippen LogP contribution in [0.3, 0.4) is 0 Å². The zero-order chi connectivity index (χ0) is 22.9. The van der Waals surface area contributed by atoms with Crippen molar-refractivity contribution >= 4 is 23.5 Å². The number of anilines is 1. The first-order valence-electron chi connectivity index (χ1n) is 10.2. The number of para-hydroxylation sites is 1. The molecule has 0 aliphatic carbocycles. The molecule has 0 aliphatic heterocycles. The molecular formula is C25H25N3O4. The highest BCUT2D eigenvalue weighted by Gasteiger charge is 2.14. The van der Waals surface area contributed by atoms with E-state index in [1.54, 1.807) is 42.6 Å². The topological polar surface area (TPSA) is 97.4 Å². The van der Waals surface area contributed by atoms with Crippen LogP contribution in [0.2, 0.25) is 0 Å². The summed E-state index contributed by atoms with van der Waals surface area (Å²) in [6, 6.07) is 18.1. The summed E-state index contributed by atoms with van der Waals surface area (Å²) in [6.07, 6.45) is 1.63. The Bertz CT molecular complexity index is 1090. The van der Waals surface area contributed by atoms with Gasteiger partial charge in [-0.05, 0) is 43.2 Å². The van der Waals surface area contributed by atoms with Crippen molar-refractivity contribution in [2.24, 2.45) is 0 Å². The normalized spacial score (nSPS) is 10.3. The second kappa shape index (κ2) is 10.9. The summed E-state index contributed by atoms with van der Waals surface area (Å²) in [5, 5.41) is 5.48. The van der Waals surface area contributed by atoms with Crippen molar-refractivity contribution < 1.29 is 19.1 Å². The van der Waals surface area contributed by atoms with Gasteiger partial charge in [0.15, 0.2) is 6.61 Å². The number of amides is 2. The van der Waals surface area contributed by atoms with Gasteiger partial charge in [0.25, 0.3) is 11.8 Å². The number of aromatic nitrogens is 1. The monoisotopic (exact) mass is 431 g/mol. The number of hydrogen-bond donors (Lipinski definition) is 2. The average Bonchev–Trinajstić information content (AvgIpc) is 2.79. The molecule has 3 rings (SSSR count). The quantitative estimate of drug-likeness (QED) is 0.533. The molecule has 0 saturated heterocycles. The van der Waals surface area contributed by atoms with Gasteiger partial charge in [-0.25, -0.2) is 0 Å². The summed E-state index contributed by atoms with van der Waals surface area (Å²) in [5.41, 5.74) is 4.34. The Hall–Kier alpha value is -4.00. The standard InChI is InChI=1S/C25H25N3O4/c1-17-7-10-19(11-8-17)14-27-25(31)21-5-3-4-6-22(21)28-23(29)16-32-24(30)13-20-12-9-18(2)26-15-20/h3-12,15H,13-14,16H2,1-2H3,(H,27,31)(H,28,29). The van der Waals surface area contributed by atoms with Gasteiger partial charge in [-0.3, -0.25) is 19.4 Å². The molecule has 2 N–H and O–H groups in total. The molecule has 0 atom stereocenters. The molecular weight excluding hydrogens is 406 g/mol. The number of nitrogens with zero attached hydrogens (tertiary/aromatic N) is 1. The summed E-state index contributed by atoms with van der Waals surface area (Å²) in [4.78, 5) is 41.0. The van der Waals surface area contributed by atoms with E-state index in [0.717, 1.165) is 16.8 Å². The van der Waals surface area contributed by atoms with Gasteiger partial charge in [-0.15, -0.1) is 0 Å². The third-order valence-electron chi connectivity index (χ3n) is 4.70. The van der Waals surface area contributed by atoms with Crippen LogP contribution in [0.4, 0.5) is 5.69 Å². The van der Waals surface area contributed by atoms with Crippen LogP contribution in [0.1, 0.15) is 32.7 Å². The van der Waals surface area contributed by atoms with Crippen molar-refractivity contribution in [3.05, 3.63) is 94.8 Å². The predicted octanol–water partition coefficient (Wildman–Crippen LogP) is 3.35. The van der Waals surface area contributed by atoms with E-state index in [1.165, 1.54) is 0 Å². The number of ether oxygens (including phenoxy) is 1. The van der Waals surface area contributed by atoms with Gasteiger partial charge in [-0.2, -0.15) is 0 Å². The second-order valence-electron chi connectivity index (χ2n) is 7.41. The first-order chi connectivity index (χ1) is 15.4. The predicted molar refractivity (Wildman–Crippen MR) is 121 cm³/mol. The minimum atomic E-state index is -0.532. The van der Waals surface area contributed by atoms with E-state index in [4.69, 9.17) is 4.74 Å². The minimum absolute atomic E-state index is 0.0264. The van der Waals surface area contributed by atoms with Gasteiger partial charge < -0.3 is 15.4 Å². The molecule has 3 aromatic rings. The van der Waals surface area contributed by atoms with Gasteiger partial charge >= 0.3 is 5.97 Å². The highest BCUT2D eigenvalue weighted by atomic mass is 16.5. The maximum Gasteiger partial charge on any atom is 0.310 e. The number of benzene rings is 2. The van der Waals surface area contributed by atoms with Gasteiger partial charge in [0.2, 0.25) is 0 Å². The molecule has 0 unspecified atom stereocenters. The summed E-state index contributed by atoms with van der Waals surface area (Å²) in [5.74, 6) is -1.38. The van der Waals surface area contributed by atoms with E-state index in [2.05, 4.69) is 15.6 Å². The molecule has 2 aromatic carbocycles. The first kappa shape index (κ1) is 22.7. The lowest BCUT2D eigenvalue weighted by atomic mass is 10.1. The Labute approximate surface area is 186 Å². The van der Waals surface area contributed by atoms with E-state index in [9.17, 15) is 14.4 Å². The van der Waals surface area contributed by atoms with Crippen molar-refractivity contribution in [3.63, 3.8) is 0 Å². The van der Waals surface area contributed by atoms with Crippen LogP contribution >= 0.6 is 0 Å². The lowest BCUT2D eigenvalue weighted by Gasteiger charge is -2.12. The number of rotatable bonds is 8. The van der Waals surface area contributed by atoms with Gasteiger partial charge in [0.05, 0.1) is 17.7 Å².